The van der Waals surface area contributed by atoms with Crippen LogP contribution < -0.4 is 0 Å². The Morgan fingerprint density at radius 3 is 1.42 bits per heavy atom. The predicted molar refractivity (Wildman–Crippen MR) is 188 cm³/mol. The first kappa shape index (κ1) is 34.3. The van der Waals surface area contributed by atoms with Crippen molar-refractivity contribution in [3.05, 3.63) is 173 Å². The summed E-state index contributed by atoms with van der Waals surface area (Å²) in [4.78, 5) is 25.4. The fourth-order valence-corrected chi connectivity index (χ4v) is 5.47. The van der Waals surface area contributed by atoms with E-state index in [1.165, 1.54) is 18.2 Å². The molecule has 0 atom stereocenters. The van der Waals surface area contributed by atoms with Crippen LogP contribution in [-0.2, 0) is 26.2 Å². The molecule has 0 fully saturated rings. The average molecular weight is 672 g/mol. The Kier molecular flexibility index (Phi) is 11.4. The summed E-state index contributed by atoms with van der Waals surface area (Å²) in [6.07, 6.45) is 7.72. The maximum absolute atomic E-state index is 14.0. The van der Waals surface area contributed by atoms with Crippen LogP contribution in [0.1, 0.15) is 39.3 Å². The highest BCUT2D eigenvalue weighted by molar-refractivity contribution is 5.70. The maximum atomic E-state index is 14.0. The minimum absolute atomic E-state index is 0.337. The molecule has 0 N–H and O–H groups in total. The molecule has 5 heterocycles. The number of benzene rings is 1. The van der Waals surface area contributed by atoms with Crippen LogP contribution in [0.15, 0.2) is 116 Å². The molecule has 1 aromatic carbocycles. The zero-order chi connectivity index (χ0) is 34.7. The molecular formula is C40H36F3N7. The normalized spacial score (nSPS) is 11.6. The van der Waals surface area contributed by atoms with Crippen LogP contribution in [0, 0.1) is 24.8 Å². The third kappa shape index (κ3) is 10.2. The van der Waals surface area contributed by atoms with E-state index in [1.807, 2.05) is 60.6 Å². The molecule has 0 saturated heterocycles. The van der Waals surface area contributed by atoms with Gasteiger partial charge >= 0.3 is 0 Å². The van der Waals surface area contributed by atoms with Crippen molar-refractivity contribution in [2.45, 2.75) is 33.1 Å². The van der Waals surface area contributed by atoms with Crippen LogP contribution in [0.3, 0.4) is 0 Å². The Labute approximate surface area is 289 Å². The van der Waals surface area contributed by atoms with Crippen LogP contribution in [0.25, 0.3) is 23.5 Å². The zero-order valence-corrected chi connectivity index (χ0v) is 27.6. The van der Waals surface area contributed by atoms with Crippen molar-refractivity contribution in [2.24, 2.45) is 0 Å². The van der Waals surface area contributed by atoms with Gasteiger partial charge in [0.1, 0.15) is 0 Å². The molecule has 5 aromatic heterocycles. The number of halogens is 3. The van der Waals surface area contributed by atoms with Gasteiger partial charge in [0.05, 0.1) is 28.5 Å². The SMILES string of the molecule is Cc1ccc(-c2ccc(/C=C/c3ccc(CN(CCN(Cc4cccc(F)n4)Cc4cccc(F)n4)Cc4cccc(F)n4)cc3)cn2)nc1. The molecule has 6 aromatic rings. The van der Waals surface area contributed by atoms with Gasteiger partial charge in [0.2, 0.25) is 17.8 Å². The van der Waals surface area contributed by atoms with Gasteiger partial charge in [-0.2, -0.15) is 13.2 Å². The van der Waals surface area contributed by atoms with E-state index in [4.69, 9.17) is 0 Å². The fourth-order valence-electron chi connectivity index (χ4n) is 5.47. The van der Waals surface area contributed by atoms with Gasteiger partial charge < -0.3 is 0 Å². The second-order valence-electron chi connectivity index (χ2n) is 12.0. The lowest BCUT2D eigenvalue weighted by molar-refractivity contribution is 0.178. The lowest BCUT2D eigenvalue weighted by atomic mass is 10.1. The number of nitrogens with zero attached hydrogens (tertiary/aromatic N) is 7. The molecule has 50 heavy (non-hydrogen) atoms. The number of hydrogen-bond acceptors (Lipinski definition) is 7. The Balaban J connectivity index is 1.14. The Bertz CT molecular complexity index is 1970. The van der Waals surface area contributed by atoms with Crippen molar-refractivity contribution in [3.8, 4) is 11.4 Å². The summed E-state index contributed by atoms with van der Waals surface area (Å²) in [6, 6.07) is 30.4. The lowest BCUT2D eigenvalue weighted by Crippen LogP contribution is -2.35. The predicted octanol–water partition coefficient (Wildman–Crippen LogP) is 7.93. The second-order valence-corrected chi connectivity index (χ2v) is 12.0. The fraction of sp³-hybridized carbons (Fsp3) is 0.175. The zero-order valence-electron chi connectivity index (χ0n) is 27.6. The van der Waals surface area contributed by atoms with E-state index in [0.29, 0.717) is 56.4 Å². The van der Waals surface area contributed by atoms with E-state index < -0.39 is 17.8 Å². The molecule has 10 heteroatoms. The summed E-state index contributed by atoms with van der Waals surface area (Å²) in [7, 11) is 0. The van der Waals surface area contributed by atoms with Gasteiger partial charge in [0.15, 0.2) is 0 Å². The largest absolute Gasteiger partial charge is 0.292 e. The Morgan fingerprint density at radius 2 is 0.960 bits per heavy atom. The van der Waals surface area contributed by atoms with Crippen molar-refractivity contribution in [2.75, 3.05) is 13.1 Å². The van der Waals surface area contributed by atoms with Gasteiger partial charge in [0, 0.05) is 51.7 Å². The molecule has 0 aliphatic carbocycles. The maximum Gasteiger partial charge on any atom is 0.213 e. The van der Waals surface area contributed by atoms with Gasteiger partial charge in [-0.15, -0.1) is 0 Å². The molecule has 252 valence electrons. The second kappa shape index (κ2) is 16.7. The van der Waals surface area contributed by atoms with E-state index >= 15 is 0 Å². The standard InChI is InChI=1S/C40H36F3N7/c1-29-11-19-36(44-23-29)37-20-18-31(24-45-37)15-12-30-13-16-32(17-14-30)25-49(26-33-5-2-8-38(41)46-33)21-22-50(27-34-6-3-9-39(42)47-34)28-35-7-4-10-40(43)48-35/h2-20,23-24H,21-22,25-28H2,1H3/b15-12+. The molecule has 0 amide bonds. The number of aromatic nitrogens is 5. The number of pyridine rings is 5. The van der Waals surface area contributed by atoms with Crippen molar-refractivity contribution >= 4 is 12.2 Å². The van der Waals surface area contributed by atoms with Gasteiger partial charge in [0.25, 0.3) is 0 Å². The summed E-state index contributed by atoms with van der Waals surface area (Å²) < 4.78 is 41.9. The lowest BCUT2D eigenvalue weighted by Gasteiger charge is -2.27. The number of aryl methyl sites for hydroxylation is 1. The van der Waals surface area contributed by atoms with Crippen molar-refractivity contribution < 1.29 is 13.2 Å². The summed E-state index contributed by atoms with van der Waals surface area (Å²) in [5, 5.41) is 0. The molecule has 0 saturated carbocycles. The third-order valence-electron chi connectivity index (χ3n) is 8.02. The van der Waals surface area contributed by atoms with E-state index in [1.54, 1.807) is 36.4 Å². The van der Waals surface area contributed by atoms with E-state index in [2.05, 4.69) is 54.1 Å². The quantitative estimate of drug-likeness (QED) is 0.109. The molecule has 0 aliphatic heterocycles. The van der Waals surface area contributed by atoms with Gasteiger partial charge in [-0.25, -0.2) is 15.0 Å². The highest BCUT2D eigenvalue weighted by atomic mass is 19.1. The smallest absolute Gasteiger partial charge is 0.213 e. The van der Waals surface area contributed by atoms with Crippen LogP contribution in [0.2, 0.25) is 0 Å². The Hall–Kier alpha value is -5.58. The number of hydrogen-bond donors (Lipinski definition) is 0. The first-order chi connectivity index (χ1) is 24.3. The molecular weight excluding hydrogens is 635 g/mol. The highest BCUT2D eigenvalue weighted by Crippen LogP contribution is 2.18. The first-order valence-corrected chi connectivity index (χ1v) is 16.3. The average Bonchev–Trinajstić information content (AvgIpc) is 3.11. The van der Waals surface area contributed by atoms with Gasteiger partial charge in [-0.3, -0.25) is 19.8 Å². The third-order valence-corrected chi connectivity index (χ3v) is 8.02. The van der Waals surface area contributed by atoms with Gasteiger partial charge in [-0.05, 0) is 77.7 Å². The Morgan fingerprint density at radius 1 is 0.500 bits per heavy atom. The monoisotopic (exact) mass is 671 g/mol. The summed E-state index contributed by atoms with van der Waals surface area (Å²) >= 11 is 0. The van der Waals surface area contributed by atoms with E-state index in [9.17, 15) is 13.2 Å². The van der Waals surface area contributed by atoms with Gasteiger partial charge in [-0.1, -0.05) is 66.7 Å². The first-order valence-electron chi connectivity index (χ1n) is 16.3. The minimum Gasteiger partial charge on any atom is -0.292 e. The molecule has 0 unspecified atom stereocenters. The van der Waals surface area contributed by atoms with Crippen LogP contribution in [-0.4, -0.2) is 47.8 Å². The molecule has 6 rings (SSSR count). The summed E-state index contributed by atoms with van der Waals surface area (Å²) in [5.41, 5.74) is 7.56. The highest BCUT2D eigenvalue weighted by Gasteiger charge is 2.15. The van der Waals surface area contributed by atoms with E-state index in [0.717, 1.165) is 33.6 Å². The van der Waals surface area contributed by atoms with Crippen LogP contribution in [0.5, 0.6) is 0 Å². The van der Waals surface area contributed by atoms with Crippen LogP contribution in [0.4, 0.5) is 13.2 Å². The van der Waals surface area contributed by atoms with Crippen LogP contribution >= 0.6 is 0 Å². The van der Waals surface area contributed by atoms with E-state index in [-0.39, 0.29) is 0 Å². The van der Waals surface area contributed by atoms with Crippen molar-refractivity contribution in [3.63, 3.8) is 0 Å². The molecule has 0 aliphatic rings. The molecule has 0 radical (unpaired) electrons. The molecule has 0 bridgehead atoms. The molecule has 7 nitrogen and oxygen atoms in total. The molecule has 0 spiro atoms. The van der Waals surface area contributed by atoms with Crippen molar-refractivity contribution in [1.29, 1.82) is 0 Å². The van der Waals surface area contributed by atoms with Crippen molar-refractivity contribution in [1.82, 2.24) is 34.7 Å². The minimum atomic E-state index is -0.561. The number of rotatable bonds is 14. The summed E-state index contributed by atoms with van der Waals surface area (Å²) in [6.45, 7) is 4.75. The summed E-state index contributed by atoms with van der Waals surface area (Å²) in [5.74, 6) is -1.66. The topological polar surface area (TPSA) is 70.9 Å².